The predicted molar refractivity (Wildman–Crippen MR) is 94.3 cm³/mol. The smallest absolute Gasteiger partial charge is 0.341 e. The Hall–Kier alpha value is -2.37. The second-order valence-corrected chi connectivity index (χ2v) is 6.21. The van der Waals surface area contributed by atoms with E-state index < -0.39 is 0 Å². The van der Waals surface area contributed by atoms with Crippen LogP contribution in [0.1, 0.15) is 35.8 Å². The third-order valence-electron chi connectivity index (χ3n) is 4.68. The zero-order valence-electron chi connectivity index (χ0n) is 14.6. The minimum Gasteiger partial charge on any atom is -0.462 e. The largest absolute Gasteiger partial charge is 0.462 e. The molecule has 0 spiro atoms. The summed E-state index contributed by atoms with van der Waals surface area (Å²) in [5.74, 6) is 0.218. The fourth-order valence-electron chi connectivity index (χ4n) is 3.44. The van der Waals surface area contributed by atoms with Crippen LogP contribution in [0.25, 0.3) is 11.0 Å². The molecule has 0 radical (unpaired) electrons. The lowest BCUT2D eigenvalue weighted by Crippen LogP contribution is -2.34. The maximum Gasteiger partial charge on any atom is 0.341 e. The van der Waals surface area contributed by atoms with Crippen molar-refractivity contribution in [1.82, 2.24) is 14.8 Å². The van der Waals surface area contributed by atoms with Gasteiger partial charge in [0.2, 0.25) is 0 Å². The molecule has 128 valence electrons. The quantitative estimate of drug-likeness (QED) is 0.638. The summed E-state index contributed by atoms with van der Waals surface area (Å²) >= 11 is 0. The van der Waals surface area contributed by atoms with E-state index >= 15 is 0 Å². The number of ether oxygens (including phenoxy) is 1. The Morgan fingerprint density at radius 3 is 2.79 bits per heavy atom. The van der Waals surface area contributed by atoms with E-state index in [1.165, 1.54) is 0 Å². The first-order valence-corrected chi connectivity index (χ1v) is 8.43. The highest BCUT2D eigenvalue weighted by Crippen LogP contribution is 2.35. The number of carbonyl (C=O) groups excluding carboxylic acids is 1. The molecule has 1 fully saturated rings. The van der Waals surface area contributed by atoms with Gasteiger partial charge in [0, 0.05) is 26.3 Å². The molecule has 6 nitrogen and oxygen atoms in total. The van der Waals surface area contributed by atoms with Gasteiger partial charge in [0.1, 0.15) is 5.56 Å². The molecule has 0 aliphatic carbocycles. The van der Waals surface area contributed by atoms with Gasteiger partial charge in [0.25, 0.3) is 0 Å². The van der Waals surface area contributed by atoms with E-state index in [1.54, 1.807) is 10.9 Å². The Morgan fingerprint density at radius 2 is 2.17 bits per heavy atom. The molecule has 0 bridgehead atoms. The molecule has 2 aromatic heterocycles. The minimum atomic E-state index is -0.323. The molecular formula is C18H24N4O2. The van der Waals surface area contributed by atoms with E-state index in [0.29, 0.717) is 18.1 Å². The Labute approximate surface area is 142 Å². The SMILES string of the molecule is C=CC1CCN(c2c(C(=O)OCC)cnc3c2c(C)nn3C)CC1. The van der Waals surface area contributed by atoms with E-state index in [2.05, 4.69) is 21.6 Å². The van der Waals surface area contributed by atoms with Crippen LogP contribution in [0.5, 0.6) is 0 Å². The lowest BCUT2D eigenvalue weighted by Gasteiger charge is -2.33. The van der Waals surface area contributed by atoms with E-state index in [0.717, 1.165) is 48.3 Å². The third-order valence-corrected chi connectivity index (χ3v) is 4.68. The average Bonchev–Trinajstić information content (AvgIpc) is 2.89. The molecule has 3 rings (SSSR count). The first kappa shape index (κ1) is 16.5. The van der Waals surface area contributed by atoms with E-state index in [4.69, 9.17) is 4.74 Å². The molecule has 0 atom stereocenters. The van der Waals surface area contributed by atoms with Crippen LogP contribution in [0.3, 0.4) is 0 Å². The fourth-order valence-corrected chi connectivity index (χ4v) is 3.44. The molecule has 0 aromatic carbocycles. The number of aromatic nitrogens is 3. The second-order valence-electron chi connectivity index (χ2n) is 6.21. The molecule has 6 heteroatoms. The Kier molecular flexibility index (Phi) is 4.55. The number of esters is 1. The summed E-state index contributed by atoms with van der Waals surface area (Å²) in [7, 11) is 1.88. The van der Waals surface area contributed by atoms with Crippen molar-refractivity contribution in [3.8, 4) is 0 Å². The normalized spacial score (nSPS) is 15.7. The molecule has 1 saturated heterocycles. The number of aryl methyl sites for hydroxylation is 2. The summed E-state index contributed by atoms with van der Waals surface area (Å²) in [6.07, 6.45) is 5.72. The van der Waals surface area contributed by atoms with Gasteiger partial charge in [-0.2, -0.15) is 5.10 Å². The molecule has 1 aliphatic rings. The highest BCUT2D eigenvalue weighted by atomic mass is 16.5. The van der Waals surface area contributed by atoms with Crippen molar-refractivity contribution in [1.29, 1.82) is 0 Å². The van der Waals surface area contributed by atoms with Gasteiger partial charge >= 0.3 is 5.97 Å². The predicted octanol–water partition coefficient (Wildman–Crippen LogP) is 2.86. The average molecular weight is 328 g/mol. The Bertz CT molecular complexity index is 773. The van der Waals surface area contributed by atoms with Gasteiger partial charge in [-0.1, -0.05) is 6.08 Å². The molecule has 3 heterocycles. The topological polar surface area (TPSA) is 60.3 Å². The van der Waals surface area contributed by atoms with Crippen LogP contribution in [0.15, 0.2) is 18.9 Å². The van der Waals surface area contributed by atoms with Crippen molar-refractivity contribution in [3.63, 3.8) is 0 Å². The number of piperidine rings is 1. The van der Waals surface area contributed by atoms with Gasteiger partial charge in [-0.15, -0.1) is 6.58 Å². The molecule has 2 aromatic rings. The van der Waals surface area contributed by atoms with Crippen molar-refractivity contribution in [3.05, 3.63) is 30.1 Å². The van der Waals surface area contributed by atoms with Crippen molar-refractivity contribution in [2.75, 3.05) is 24.6 Å². The summed E-state index contributed by atoms with van der Waals surface area (Å²) in [6, 6.07) is 0. The number of allylic oxidation sites excluding steroid dienone is 1. The monoisotopic (exact) mass is 328 g/mol. The van der Waals surface area contributed by atoms with Crippen LogP contribution in [0.4, 0.5) is 5.69 Å². The maximum absolute atomic E-state index is 12.5. The van der Waals surface area contributed by atoms with E-state index in [-0.39, 0.29) is 5.97 Å². The number of hydrogen-bond acceptors (Lipinski definition) is 5. The minimum absolute atomic E-state index is 0.323. The van der Waals surface area contributed by atoms with Gasteiger partial charge in [-0.25, -0.2) is 9.78 Å². The highest BCUT2D eigenvalue weighted by Gasteiger charge is 2.27. The number of fused-ring (bicyclic) bond motifs is 1. The van der Waals surface area contributed by atoms with Crippen LogP contribution in [0, 0.1) is 12.8 Å². The van der Waals surface area contributed by atoms with Gasteiger partial charge in [-0.05, 0) is 32.6 Å². The Balaban J connectivity index is 2.12. The second kappa shape index (κ2) is 6.63. The number of hydrogen-bond donors (Lipinski definition) is 0. The molecule has 0 N–H and O–H groups in total. The van der Waals surface area contributed by atoms with Crippen molar-refractivity contribution in [2.45, 2.75) is 26.7 Å². The van der Waals surface area contributed by atoms with Crippen molar-refractivity contribution < 1.29 is 9.53 Å². The van der Waals surface area contributed by atoms with Crippen LogP contribution >= 0.6 is 0 Å². The number of carbonyl (C=O) groups is 1. The van der Waals surface area contributed by atoms with Gasteiger partial charge in [0.05, 0.1) is 23.4 Å². The van der Waals surface area contributed by atoms with Crippen LogP contribution in [0.2, 0.25) is 0 Å². The molecule has 1 aliphatic heterocycles. The molecule has 0 amide bonds. The summed E-state index contributed by atoms with van der Waals surface area (Å²) in [4.78, 5) is 19.2. The van der Waals surface area contributed by atoms with Crippen molar-refractivity contribution in [2.24, 2.45) is 13.0 Å². The van der Waals surface area contributed by atoms with Gasteiger partial charge in [0.15, 0.2) is 5.65 Å². The number of anilines is 1. The highest BCUT2D eigenvalue weighted by molar-refractivity contribution is 6.05. The number of nitrogens with zero attached hydrogens (tertiary/aromatic N) is 4. The maximum atomic E-state index is 12.5. The molecular weight excluding hydrogens is 304 g/mol. The van der Waals surface area contributed by atoms with E-state index in [9.17, 15) is 4.79 Å². The van der Waals surface area contributed by atoms with Crippen LogP contribution < -0.4 is 4.90 Å². The van der Waals surface area contributed by atoms with Gasteiger partial charge in [-0.3, -0.25) is 4.68 Å². The first-order valence-electron chi connectivity index (χ1n) is 8.43. The molecule has 0 saturated carbocycles. The van der Waals surface area contributed by atoms with E-state index in [1.807, 2.05) is 27.0 Å². The lowest BCUT2D eigenvalue weighted by atomic mass is 9.96. The summed E-state index contributed by atoms with van der Waals surface area (Å²) < 4.78 is 7.01. The van der Waals surface area contributed by atoms with Gasteiger partial charge < -0.3 is 9.64 Å². The van der Waals surface area contributed by atoms with Crippen LogP contribution in [-0.4, -0.2) is 40.4 Å². The zero-order chi connectivity index (χ0) is 17.3. The molecule has 0 unspecified atom stereocenters. The summed E-state index contributed by atoms with van der Waals surface area (Å²) in [6.45, 7) is 9.79. The molecule has 24 heavy (non-hydrogen) atoms. The fraction of sp³-hybridized carbons (Fsp3) is 0.500. The number of rotatable bonds is 4. The zero-order valence-corrected chi connectivity index (χ0v) is 14.6. The van der Waals surface area contributed by atoms with Crippen molar-refractivity contribution >= 4 is 22.7 Å². The first-order chi connectivity index (χ1) is 11.6. The summed E-state index contributed by atoms with van der Waals surface area (Å²) in [5, 5.41) is 5.43. The third kappa shape index (κ3) is 2.77. The standard InChI is InChI=1S/C18H24N4O2/c1-5-13-7-9-22(10-8-13)16-14(18(23)24-6-2)11-19-17-15(16)12(3)20-21(17)4/h5,11,13H,1,6-10H2,2-4H3. The summed E-state index contributed by atoms with van der Waals surface area (Å²) in [5.41, 5.74) is 3.11. The number of pyridine rings is 1. The van der Waals surface area contributed by atoms with Crippen LogP contribution in [-0.2, 0) is 11.8 Å². The Morgan fingerprint density at radius 1 is 1.46 bits per heavy atom. The lowest BCUT2D eigenvalue weighted by molar-refractivity contribution is 0.0526.